The molecule has 0 saturated heterocycles. The van der Waals surface area contributed by atoms with Gasteiger partial charge in [0.2, 0.25) is 10.0 Å². The lowest BCUT2D eigenvalue weighted by molar-refractivity contribution is -0.141. The average Bonchev–Trinajstić information content (AvgIpc) is 2.30. The van der Waals surface area contributed by atoms with Crippen molar-refractivity contribution >= 4 is 39.2 Å². The highest BCUT2D eigenvalue weighted by Gasteiger charge is 2.26. The number of halogens is 2. The van der Waals surface area contributed by atoms with Gasteiger partial charge >= 0.3 is 5.97 Å². The molecule has 0 aliphatic carbocycles. The van der Waals surface area contributed by atoms with Crippen molar-refractivity contribution in [2.75, 3.05) is 0 Å². The fourth-order valence-electron chi connectivity index (χ4n) is 1.31. The Balaban J connectivity index is 3.05. The number of carboxylic acid groups (broad SMARTS) is 1. The third-order valence-electron chi connectivity index (χ3n) is 2.66. The van der Waals surface area contributed by atoms with Crippen LogP contribution in [-0.2, 0) is 14.8 Å². The van der Waals surface area contributed by atoms with E-state index in [1.54, 1.807) is 0 Å². The standard InChI is InChI=1S/C11H13Cl2NO4S/c1-6(11(15)16)7(2)14-19(17,18)10-5-8(12)3-4-9(10)13/h3-7,14H,1-2H3,(H,15,16). The Morgan fingerprint density at radius 3 is 2.42 bits per heavy atom. The molecule has 0 fully saturated rings. The molecule has 106 valence electrons. The maximum atomic E-state index is 12.1. The van der Waals surface area contributed by atoms with Crippen LogP contribution in [0.5, 0.6) is 0 Å². The third kappa shape index (κ3) is 4.07. The highest BCUT2D eigenvalue weighted by Crippen LogP contribution is 2.25. The van der Waals surface area contributed by atoms with Crippen LogP contribution in [0.1, 0.15) is 13.8 Å². The largest absolute Gasteiger partial charge is 0.481 e. The van der Waals surface area contributed by atoms with E-state index < -0.39 is 28.0 Å². The Hall–Kier alpha value is -0.820. The van der Waals surface area contributed by atoms with Crippen LogP contribution >= 0.6 is 23.2 Å². The second-order valence-corrected chi connectivity index (χ2v) is 6.64. The molecule has 0 amide bonds. The average molecular weight is 326 g/mol. The number of benzene rings is 1. The number of nitrogens with one attached hydrogen (secondary N) is 1. The van der Waals surface area contributed by atoms with Gasteiger partial charge < -0.3 is 5.11 Å². The fourth-order valence-corrected chi connectivity index (χ4v) is 3.39. The Morgan fingerprint density at radius 1 is 1.32 bits per heavy atom. The van der Waals surface area contributed by atoms with Crippen molar-refractivity contribution in [3.05, 3.63) is 28.2 Å². The van der Waals surface area contributed by atoms with Crippen molar-refractivity contribution in [3.8, 4) is 0 Å². The molecule has 19 heavy (non-hydrogen) atoms. The van der Waals surface area contributed by atoms with Gasteiger partial charge in [0.1, 0.15) is 4.90 Å². The van der Waals surface area contributed by atoms with Gasteiger partial charge in [0.25, 0.3) is 0 Å². The number of rotatable bonds is 5. The second-order valence-electron chi connectivity index (χ2n) is 4.11. The molecule has 0 aromatic heterocycles. The summed E-state index contributed by atoms with van der Waals surface area (Å²) >= 11 is 11.5. The summed E-state index contributed by atoms with van der Waals surface area (Å²) in [7, 11) is -3.92. The van der Waals surface area contributed by atoms with Crippen LogP contribution in [0.15, 0.2) is 23.1 Å². The van der Waals surface area contributed by atoms with Crippen LogP contribution < -0.4 is 4.72 Å². The summed E-state index contributed by atoms with van der Waals surface area (Å²) in [5, 5.41) is 9.08. The van der Waals surface area contributed by atoms with E-state index in [2.05, 4.69) is 4.72 Å². The molecule has 0 bridgehead atoms. The smallest absolute Gasteiger partial charge is 0.307 e. The van der Waals surface area contributed by atoms with Gasteiger partial charge in [0, 0.05) is 11.1 Å². The van der Waals surface area contributed by atoms with Crippen LogP contribution in [0.3, 0.4) is 0 Å². The number of aliphatic carboxylic acids is 1. The van der Waals surface area contributed by atoms with Crippen LogP contribution in [0.2, 0.25) is 10.0 Å². The lowest BCUT2D eigenvalue weighted by Crippen LogP contribution is -2.40. The maximum Gasteiger partial charge on any atom is 0.307 e. The second kappa shape index (κ2) is 6.09. The van der Waals surface area contributed by atoms with E-state index in [0.717, 1.165) is 0 Å². The molecule has 0 aliphatic heterocycles. The molecule has 0 saturated carbocycles. The number of hydrogen-bond donors (Lipinski definition) is 2. The zero-order valence-electron chi connectivity index (χ0n) is 10.2. The Bertz CT molecular complexity index is 588. The molecule has 0 radical (unpaired) electrons. The predicted octanol–water partition coefficient (Wildman–Crippen LogP) is 2.38. The zero-order valence-corrected chi connectivity index (χ0v) is 12.6. The zero-order chi connectivity index (χ0) is 14.8. The number of hydrogen-bond acceptors (Lipinski definition) is 3. The fraction of sp³-hybridized carbons (Fsp3) is 0.364. The molecular formula is C11H13Cl2NO4S. The monoisotopic (exact) mass is 325 g/mol. The first-order chi connectivity index (χ1) is 8.65. The lowest BCUT2D eigenvalue weighted by Gasteiger charge is -2.18. The van der Waals surface area contributed by atoms with Gasteiger partial charge in [-0.05, 0) is 25.1 Å². The van der Waals surface area contributed by atoms with Crippen LogP contribution in [0.4, 0.5) is 0 Å². The summed E-state index contributed by atoms with van der Waals surface area (Å²) in [6, 6.07) is 3.26. The van der Waals surface area contributed by atoms with Crippen molar-refractivity contribution in [2.45, 2.75) is 24.8 Å². The molecule has 2 N–H and O–H groups in total. The van der Waals surface area contributed by atoms with Gasteiger partial charge in [0.05, 0.1) is 10.9 Å². The summed E-state index contributed by atoms with van der Waals surface area (Å²) in [5.41, 5.74) is 0. The van der Waals surface area contributed by atoms with E-state index in [1.807, 2.05) is 0 Å². The number of sulfonamides is 1. The van der Waals surface area contributed by atoms with Gasteiger partial charge in [-0.3, -0.25) is 4.79 Å². The molecule has 1 aromatic carbocycles. The number of carbonyl (C=O) groups is 1. The Morgan fingerprint density at radius 2 is 1.89 bits per heavy atom. The molecule has 2 atom stereocenters. The highest BCUT2D eigenvalue weighted by molar-refractivity contribution is 7.89. The predicted molar refractivity (Wildman–Crippen MR) is 73.0 cm³/mol. The Kier molecular flexibility index (Phi) is 5.20. The molecule has 0 spiro atoms. The van der Waals surface area contributed by atoms with E-state index in [9.17, 15) is 13.2 Å². The first-order valence-electron chi connectivity index (χ1n) is 5.35. The van der Waals surface area contributed by atoms with Crippen molar-refractivity contribution < 1.29 is 18.3 Å². The van der Waals surface area contributed by atoms with Gasteiger partial charge in [-0.15, -0.1) is 0 Å². The van der Waals surface area contributed by atoms with E-state index in [-0.39, 0.29) is 14.9 Å². The molecule has 0 heterocycles. The van der Waals surface area contributed by atoms with E-state index in [0.29, 0.717) is 0 Å². The molecule has 2 unspecified atom stereocenters. The topological polar surface area (TPSA) is 83.5 Å². The molecular weight excluding hydrogens is 313 g/mol. The highest BCUT2D eigenvalue weighted by atomic mass is 35.5. The van der Waals surface area contributed by atoms with Gasteiger partial charge in [-0.1, -0.05) is 30.1 Å². The molecule has 1 aromatic rings. The summed E-state index contributed by atoms with van der Waals surface area (Å²) in [6.07, 6.45) is 0. The minimum atomic E-state index is -3.92. The van der Waals surface area contributed by atoms with Gasteiger partial charge in [0.15, 0.2) is 0 Å². The Labute approximate surface area is 121 Å². The van der Waals surface area contributed by atoms with Gasteiger partial charge in [-0.25, -0.2) is 13.1 Å². The summed E-state index contributed by atoms with van der Waals surface area (Å²) in [4.78, 5) is 10.6. The minimum absolute atomic E-state index is 0.0204. The van der Waals surface area contributed by atoms with Crippen LogP contribution in [0, 0.1) is 5.92 Å². The SMILES string of the molecule is CC(NS(=O)(=O)c1cc(Cl)ccc1Cl)C(C)C(=O)O. The van der Waals surface area contributed by atoms with E-state index in [1.165, 1.54) is 32.0 Å². The van der Waals surface area contributed by atoms with Gasteiger partial charge in [-0.2, -0.15) is 0 Å². The summed E-state index contributed by atoms with van der Waals surface area (Å²) < 4.78 is 26.5. The third-order valence-corrected chi connectivity index (χ3v) is 4.94. The normalized spacial score (nSPS) is 14.9. The maximum absolute atomic E-state index is 12.1. The molecule has 5 nitrogen and oxygen atoms in total. The van der Waals surface area contributed by atoms with Crippen LogP contribution in [0.25, 0.3) is 0 Å². The summed E-state index contributed by atoms with van der Waals surface area (Å²) in [6.45, 7) is 2.88. The van der Waals surface area contributed by atoms with Crippen molar-refractivity contribution in [3.63, 3.8) is 0 Å². The van der Waals surface area contributed by atoms with E-state index in [4.69, 9.17) is 28.3 Å². The molecule has 1 rings (SSSR count). The molecule has 8 heteroatoms. The first-order valence-corrected chi connectivity index (χ1v) is 7.59. The quantitative estimate of drug-likeness (QED) is 0.870. The van der Waals surface area contributed by atoms with Crippen molar-refractivity contribution in [2.24, 2.45) is 5.92 Å². The van der Waals surface area contributed by atoms with Crippen LogP contribution in [-0.4, -0.2) is 25.5 Å². The van der Waals surface area contributed by atoms with E-state index >= 15 is 0 Å². The lowest BCUT2D eigenvalue weighted by atomic mass is 10.1. The summed E-state index contributed by atoms with van der Waals surface area (Å²) in [5.74, 6) is -1.96. The van der Waals surface area contributed by atoms with Crippen molar-refractivity contribution in [1.29, 1.82) is 0 Å². The van der Waals surface area contributed by atoms with Crippen molar-refractivity contribution in [1.82, 2.24) is 4.72 Å². The minimum Gasteiger partial charge on any atom is -0.481 e. The molecule has 0 aliphatic rings. The first kappa shape index (κ1) is 16.2. The number of carboxylic acids is 1.